The Morgan fingerprint density at radius 2 is 1.88 bits per heavy atom. The molecule has 0 aliphatic rings. The van der Waals surface area contributed by atoms with E-state index < -0.39 is 22.4 Å². The summed E-state index contributed by atoms with van der Waals surface area (Å²) in [6.07, 6.45) is -3.57. The van der Waals surface area contributed by atoms with Crippen molar-refractivity contribution in [1.29, 1.82) is 0 Å². The largest absolute Gasteiger partial charge is 0.418 e. The Labute approximate surface area is 147 Å². The molecule has 1 N–H and O–H groups in total. The first-order valence-corrected chi connectivity index (χ1v) is 7.72. The molecule has 0 bridgehead atoms. The van der Waals surface area contributed by atoms with Gasteiger partial charge >= 0.3 is 11.9 Å². The number of hydrogen-bond donors (Lipinski definition) is 1. The standard InChI is InChI=1S/C16H9BrF3N3O2/c17-9-5-6-12-10(7-9)15(14(8-21-12)23(24)25)22-13-4-2-1-3-11(13)16(18,19)20/h1-8H,(H,21,22). The molecule has 0 fully saturated rings. The lowest BCUT2D eigenvalue weighted by Gasteiger charge is -2.15. The van der Waals surface area contributed by atoms with Gasteiger partial charge in [0.25, 0.3) is 0 Å². The zero-order valence-electron chi connectivity index (χ0n) is 12.3. The molecule has 0 amide bonds. The Morgan fingerprint density at radius 3 is 2.56 bits per heavy atom. The maximum absolute atomic E-state index is 13.2. The lowest BCUT2D eigenvalue weighted by molar-refractivity contribution is -0.384. The Bertz CT molecular complexity index is 976. The van der Waals surface area contributed by atoms with Gasteiger partial charge in [0.05, 0.1) is 21.7 Å². The number of para-hydroxylation sites is 1. The van der Waals surface area contributed by atoms with E-state index in [1.165, 1.54) is 18.2 Å². The van der Waals surface area contributed by atoms with Crippen molar-refractivity contribution in [2.45, 2.75) is 6.18 Å². The fraction of sp³-hybridized carbons (Fsp3) is 0.0625. The third kappa shape index (κ3) is 3.41. The van der Waals surface area contributed by atoms with Crippen molar-refractivity contribution in [3.05, 3.63) is 68.8 Å². The van der Waals surface area contributed by atoms with Gasteiger partial charge in [0.2, 0.25) is 0 Å². The summed E-state index contributed by atoms with van der Waals surface area (Å²) in [5, 5.41) is 14.2. The highest BCUT2D eigenvalue weighted by Gasteiger charge is 2.34. The maximum atomic E-state index is 13.2. The second-order valence-electron chi connectivity index (χ2n) is 5.11. The summed E-state index contributed by atoms with van der Waals surface area (Å²) in [6, 6.07) is 9.67. The predicted molar refractivity (Wildman–Crippen MR) is 90.8 cm³/mol. The molecule has 5 nitrogen and oxygen atoms in total. The van der Waals surface area contributed by atoms with Gasteiger partial charge < -0.3 is 5.32 Å². The van der Waals surface area contributed by atoms with Crippen LogP contribution in [0.3, 0.4) is 0 Å². The molecule has 2 aromatic carbocycles. The van der Waals surface area contributed by atoms with Crippen LogP contribution in [0, 0.1) is 10.1 Å². The molecule has 1 heterocycles. The van der Waals surface area contributed by atoms with Crippen molar-refractivity contribution in [2.24, 2.45) is 0 Å². The highest BCUT2D eigenvalue weighted by molar-refractivity contribution is 9.10. The first kappa shape index (κ1) is 17.2. The number of rotatable bonds is 3. The van der Waals surface area contributed by atoms with Crippen molar-refractivity contribution in [2.75, 3.05) is 5.32 Å². The lowest BCUT2D eigenvalue weighted by atomic mass is 10.1. The Hall–Kier alpha value is -2.68. The highest BCUT2D eigenvalue weighted by atomic mass is 79.9. The van der Waals surface area contributed by atoms with E-state index in [-0.39, 0.29) is 11.4 Å². The van der Waals surface area contributed by atoms with Gasteiger partial charge in [-0.15, -0.1) is 0 Å². The minimum Gasteiger partial charge on any atom is -0.349 e. The number of hydrogen-bond acceptors (Lipinski definition) is 4. The van der Waals surface area contributed by atoms with Crippen molar-refractivity contribution in [1.82, 2.24) is 4.98 Å². The Morgan fingerprint density at radius 1 is 1.16 bits per heavy atom. The normalized spacial score (nSPS) is 11.5. The summed E-state index contributed by atoms with van der Waals surface area (Å²) in [4.78, 5) is 14.6. The average molecular weight is 412 g/mol. The summed E-state index contributed by atoms with van der Waals surface area (Å²) < 4.78 is 40.2. The molecule has 9 heteroatoms. The molecule has 0 unspecified atom stereocenters. The SMILES string of the molecule is O=[N+]([O-])c1cnc2ccc(Br)cc2c1Nc1ccccc1C(F)(F)F. The van der Waals surface area contributed by atoms with Crippen LogP contribution in [0.2, 0.25) is 0 Å². The molecule has 0 atom stereocenters. The second kappa shape index (κ2) is 6.32. The van der Waals surface area contributed by atoms with Crippen LogP contribution in [0.5, 0.6) is 0 Å². The van der Waals surface area contributed by atoms with Crippen LogP contribution >= 0.6 is 15.9 Å². The highest BCUT2D eigenvalue weighted by Crippen LogP contribution is 2.40. The summed E-state index contributed by atoms with van der Waals surface area (Å²) in [6.45, 7) is 0. The monoisotopic (exact) mass is 411 g/mol. The van der Waals surface area contributed by atoms with Crippen molar-refractivity contribution >= 4 is 43.9 Å². The smallest absolute Gasteiger partial charge is 0.349 e. The average Bonchev–Trinajstić information content (AvgIpc) is 2.54. The Balaban J connectivity index is 2.24. The van der Waals surface area contributed by atoms with E-state index >= 15 is 0 Å². The number of nitrogens with zero attached hydrogens (tertiary/aromatic N) is 2. The Kier molecular flexibility index (Phi) is 4.34. The summed E-state index contributed by atoms with van der Waals surface area (Å²) >= 11 is 3.25. The van der Waals surface area contributed by atoms with E-state index in [4.69, 9.17) is 0 Å². The zero-order chi connectivity index (χ0) is 18.2. The maximum Gasteiger partial charge on any atom is 0.418 e. The molecule has 0 saturated heterocycles. The third-order valence-corrected chi connectivity index (χ3v) is 3.99. The molecule has 3 aromatic rings. The van der Waals surface area contributed by atoms with Gasteiger partial charge in [0.1, 0.15) is 11.9 Å². The molecule has 0 radical (unpaired) electrons. The van der Waals surface area contributed by atoms with Crippen LogP contribution < -0.4 is 5.32 Å². The summed E-state index contributed by atoms with van der Waals surface area (Å²) in [5.74, 6) is 0. The molecular formula is C16H9BrF3N3O2. The van der Waals surface area contributed by atoms with Crippen LogP contribution in [0.1, 0.15) is 5.56 Å². The van der Waals surface area contributed by atoms with Gasteiger partial charge in [0.15, 0.2) is 0 Å². The van der Waals surface area contributed by atoms with Crippen LogP contribution in [0.15, 0.2) is 53.1 Å². The van der Waals surface area contributed by atoms with Gasteiger partial charge in [-0.25, -0.2) is 4.98 Å². The lowest BCUT2D eigenvalue weighted by Crippen LogP contribution is -2.09. The number of nitrogens with one attached hydrogen (secondary N) is 1. The van der Waals surface area contributed by atoms with Crippen LogP contribution in [-0.4, -0.2) is 9.91 Å². The second-order valence-corrected chi connectivity index (χ2v) is 6.02. The molecule has 0 aliphatic carbocycles. The van der Waals surface area contributed by atoms with E-state index in [2.05, 4.69) is 26.2 Å². The number of anilines is 2. The van der Waals surface area contributed by atoms with Crippen LogP contribution in [-0.2, 0) is 6.18 Å². The van der Waals surface area contributed by atoms with Crippen molar-refractivity contribution in [3.8, 4) is 0 Å². The van der Waals surface area contributed by atoms with Gasteiger partial charge in [0, 0.05) is 9.86 Å². The van der Waals surface area contributed by atoms with E-state index in [0.29, 0.717) is 15.4 Å². The van der Waals surface area contributed by atoms with Crippen LogP contribution in [0.25, 0.3) is 10.9 Å². The number of benzene rings is 2. The molecule has 0 saturated carbocycles. The third-order valence-electron chi connectivity index (χ3n) is 3.50. The number of alkyl halides is 3. The van der Waals surface area contributed by atoms with Gasteiger partial charge in [-0.3, -0.25) is 10.1 Å². The topological polar surface area (TPSA) is 68.1 Å². The molecule has 128 valence electrons. The molecule has 0 aliphatic heterocycles. The van der Waals surface area contributed by atoms with E-state index in [1.807, 2.05) is 0 Å². The number of aromatic nitrogens is 1. The van der Waals surface area contributed by atoms with Crippen molar-refractivity contribution < 1.29 is 18.1 Å². The fourth-order valence-electron chi connectivity index (χ4n) is 2.40. The van der Waals surface area contributed by atoms with Gasteiger partial charge in [-0.05, 0) is 30.3 Å². The molecule has 1 aromatic heterocycles. The quantitative estimate of drug-likeness (QED) is 0.445. The number of halogens is 4. The minimum absolute atomic E-state index is 0.0481. The van der Waals surface area contributed by atoms with E-state index in [1.54, 1.807) is 18.2 Å². The van der Waals surface area contributed by atoms with Crippen molar-refractivity contribution in [3.63, 3.8) is 0 Å². The zero-order valence-corrected chi connectivity index (χ0v) is 13.9. The molecular weight excluding hydrogens is 403 g/mol. The summed E-state index contributed by atoms with van der Waals surface area (Å²) in [5.41, 5.74) is -1.23. The van der Waals surface area contributed by atoms with E-state index in [9.17, 15) is 23.3 Å². The fourth-order valence-corrected chi connectivity index (χ4v) is 2.76. The van der Waals surface area contributed by atoms with Gasteiger partial charge in [-0.1, -0.05) is 28.1 Å². The molecule has 3 rings (SSSR count). The molecule has 25 heavy (non-hydrogen) atoms. The van der Waals surface area contributed by atoms with Gasteiger partial charge in [-0.2, -0.15) is 13.2 Å². The predicted octanol–water partition coefficient (Wildman–Crippen LogP) is 5.67. The number of nitro groups is 1. The first-order chi connectivity index (χ1) is 11.8. The minimum atomic E-state index is -4.60. The van der Waals surface area contributed by atoms with E-state index in [0.717, 1.165) is 12.3 Å². The number of fused-ring (bicyclic) bond motifs is 1. The first-order valence-electron chi connectivity index (χ1n) is 6.93. The summed E-state index contributed by atoms with van der Waals surface area (Å²) in [7, 11) is 0. The number of pyridine rings is 1. The molecule has 0 spiro atoms. The van der Waals surface area contributed by atoms with Crippen LogP contribution in [0.4, 0.5) is 30.2 Å².